The number of thiazole rings is 1. The summed E-state index contributed by atoms with van der Waals surface area (Å²) >= 11 is 1.21. The maximum Gasteiger partial charge on any atom is 0.277 e. The van der Waals surface area contributed by atoms with E-state index in [1.54, 1.807) is 36.7 Å². The van der Waals surface area contributed by atoms with Crippen molar-refractivity contribution >= 4 is 28.1 Å². The summed E-state index contributed by atoms with van der Waals surface area (Å²) in [6, 6.07) is 8.95. The first kappa shape index (κ1) is 12.1. The number of carbonyl (C=O) groups is 1. The predicted molar refractivity (Wildman–Crippen MR) is 70.4 cm³/mol. The van der Waals surface area contributed by atoms with Gasteiger partial charge in [-0.05, 0) is 12.1 Å². The van der Waals surface area contributed by atoms with E-state index in [1.165, 1.54) is 16.2 Å². The highest BCUT2D eigenvalue weighted by molar-refractivity contribution is 7.13. The van der Waals surface area contributed by atoms with Crippen LogP contribution < -0.4 is 10.6 Å². The second-order valence-electron chi connectivity index (χ2n) is 3.56. The number of nitriles is 1. The van der Waals surface area contributed by atoms with Crippen molar-refractivity contribution in [3.63, 3.8) is 0 Å². The van der Waals surface area contributed by atoms with Crippen LogP contribution in [0.1, 0.15) is 16.1 Å². The molecule has 2 N–H and O–H groups in total. The molecule has 1 heterocycles. The molecule has 6 heteroatoms. The quantitative estimate of drug-likeness (QED) is 0.891. The van der Waals surface area contributed by atoms with Crippen LogP contribution in [-0.4, -0.2) is 17.9 Å². The SMILES string of the molecule is CN(C(=O)c1csc(N)n1)c1ccccc1C#N. The molecule has 0 unspecified atom stereocenters. The summed E-state index contributed by atoms with van der Waals surface area (Å²) in [6.07, 6.45) is 0. The van der Waals surface area contributed by atoms with Gasteiger partial charge in [0.15, 0.2) is 5.13 Å². The van der Waals surface area contributed by atoms with E-state index in [4.69, 9.17) is 11.0 Å². The Bertz CT molecular complexity index is 629. The number of hydrogen-bond acceptors (Lipinski definition) is 5. The van der Waals surface area contributed by atoms with Crippen LogP contribution in [-0.2, 0) is 0 Å². The molecule has 0 saturated carbocycles. The Hall–Kier alpha value is -2.39. The average molecular weight is 258 g/mol. The Morgan fingerprint density at radius 2 is 2.22 bits per heavy atom. The minimum atomic E-state index is -0.286. The molecule has 18 heavy (non-hydrogen) atoms. The van der Waals surface area contributed by atoms with Crippen molar-refractivity contribution in [2.75, 3.05) is 17.7 Å². The zero-order valence-corrected chi connectivity index (χ0v) is 10.4. The largest absolute Gasteiger partial charge is 0.375 e. The van der Waals surface area contributed by atoms with E-state index in [0.29, 0.717) is 16.4 Å². The first-order valence-corrected chi connectivity index (χ1v) is 5.99. The van der Waals surface area contributed by atoms with Gasteiger partial charge < -0.3 is 10.6 Å². The van der Waals surface area contributed by atoms with Crippen LogP contribution in [0.4, 0.5) is 10.8 Å². The molecule has 2 rings (SSSR count). The van der Waals surface area contributed by atoms with Gasteiger partial charge in [-0.3, -0.25) is 4.79 Å². The van der Waals surface area contributed by atoms with Gasteiger partial charge in [-0.25, -0.2) is 4.98 Å². The number of anilines is 2. The van der Waals surface area contributed by atoms with Crippen LogP contribution in [0.3, 0.4) is 0 Å². The van der Waals surface area contributed by atoms with Crippen molar-refractivity contribution in [1.29, 1.82) is 5.26 Å². The number of nitrogens with zero attached hydrogens (tertiary/aromatic N) is 3. The van der Waals surface area contributed by atoms with Crippen molar-refractivity contribution in [2.24, 2.45) is 0 Å². The summed E-state index contributed by atoms with van der Waals surface area (Å²) < 4.78 is 0. The highest BCUT2D eigenvalue weighted by Crippen LogP contribution is 2.21. The Balaban J connectivity index is 2.34. The molecule has 0 saturated heterocycles. The fraction of sp³-hybridized carbons (Fsp3) is 0.0833. The van der Waals surface area contributed by atoms with Crippen molar-refractivity contribution in [1.82, 2.24) is 4.98 Å². The van der Waals surface area contributed by atoms with Gasteiger partial charge in [0.05, 0.1) is 11.3 Å². The normalized spacial score (nSPS) is 9.78. The molecule has 0 fully saturated rings. The number of aromatic nitrogens is 1. The lowest BCUT2D eigenvalue weighted by Gasteiger charge is -2.17. The number of benzene rings is 1. The van der Waals surface area contributed by atoms with Crippen molar-refractivity contribution in [3.05, 3.63) is 40.9 Å². The minimum Gasteiger partial charge on any atom is -0.375 e. The number of nitrogens with two attached hydrogens (primary N) is 1. The summed E-state index contributed by atoms with van der Waals surface area (Å²) in [7, 11) is 1.61. The van der Waals surface area contributed by atoms with E-state index >= 15 is 0 Å². The Morgan fingerprint density at radius 1 is 1.50 bits per heavy atom. The number of hydrogen-bond donors (Lipinski definition) is 1. The summed E-state index contributed by atoms with van der Waals surface area (Å²) in [5, 5.41) is 11.0. The molecule has 0 bridgehead atoms. The standard InChI is InChI=1S/C12H10N4OS/c1-16(10-5-3-2-4-8(10)6-13)11(17)9-7-18-12(14)15-9/h2-5,7H,1H3,(H2,14,15). The number of carbonyl (C=O) groups excluding carboxylic acids is 1. The third-order valence-corrected chi connectivity index (χ3v) is 3.11. The molecule has 0 radical (unpaired) electrons. The fourth-order valence-corrected chi connectivity index (χ4v) is 2.06. The summed E-state index contributed by atoms with van der Waals surface area (Å²) in [4.78, 5) is 17.5. The number of para-hydroxylation sites is 1. The molecular weight excluding hydrogens is 248 g/mol. The van der Waals surface area contributed by atoms with Crippen LogP contribution in [0.25, 0.3) is 0 Å². The topological polar surface area (TPSA) is 83.0 Å². The van der Waals surface area contributed by atoms with E-state index in [-0.39, 0.29) is 11.6 Å². The first-order valence-electron chi connectivity index (χ1n) is 5.11. The Labute approximate surface area is 108 Å². The molecule has 1 aromatic heterocycles. The predicted octanol–water partition coefficient (Wildman–Crippen LogP) is 1.87. The van der Waals surface area contributed by atoms with E-state index < -0.39 is 0 Å². The van der Waals surface area contributed by atoms with Crippen molar-refractivity contribution < 1.29 is 4.79 Å². The van der Waals surface area contributed by atoms with Gasteiger partial charge in [0.2, 0.25) is 0 Å². The van der Waals surface area contributed by atoms with Crippen LogP contribution in [0.2, 0.25) is 0 Å². The first-order chi connectivity index (χ1) is 8.63. The number of rotatable bonds is 2. The minimum absolute atomic E-state index is 0.285. The zero-order valence-electron chi connectivity index (χ0n) is 9.62. The molecular formula is C12H10N4OS. The van der Waals surface area contributed by atoms with Crippen LogP contribution in [0, 0.1) is 11.3 Å². The summed E-state index contributed by atoms with van der Waals surface area (Å²) in [5.74, 6) is -0.286. The molecule has 0 spiro atoms. The monoisotopic (exact) mass is 258 g/mol. The third-order valence-electron chi connectivity index (χ3n) is 2.43. The van der Waals surface area contributed by atoms with Gasteiger partial charge in [0.1, 0.15) is 11.8 Å². The lowest BCUT2D eigenvalue weighted by molar-refractivity contribution is 0.0989. The second-order valence-corrected chi connectivity index (χ2v) is 4.45. The molecule has 0 atom stereocenters. The molecule has 0 aliphatic rings. The second kappa shape index (κ2) is 4.85. The summed E-state index contributed by atoms with van der Waals surface area (Å²) in [6.45, 7) is 0. The van der Waals surface area contributed by atoms with Crippen molar-refractivity contribution in [2.45, 2.75) is 0 Å². The van der Waals surface area contributed by atoms with Crippen LogP contribution in [0.15, 0.2) is 29.6 Å². The molecule has 0 aliphatic carbocycles. The third kappa shape index (κ3) is 2.17. The molecule has 90 valence electrons. The smallest absolute Gasteiger partial charge is 0.277 e. The average Bonchev–Trinajstić information content (AvgIpc) is 2.83. The Kier molecular flexibility index (Phi) is 3.26. The van der Waals surface area contributed by atoms with Gasteiger partial charge in [-0.15, -0.1) is 11.3 Å². The lowest BCUT2D eigenvalue weighted by atomic mass is 10.2. The molecule has 1 amide bonds. The molecule has 1 aromatic carbocycles. The van der Waals surface area contributed by atoms with Gasteiger partial charge in [0.25, 0.3) is 5.91 Å². The Morgan fingerprint density at radius 3 is 2.83 bits per heavy atom. The molecule has 2 aromatic rings. The van der Waals surface area contributed by atoms with E-state index in [9.17, 15) is 4.79 Å². The van der Waals surface area contributed by atoms with Crippen molar-refractivity contribution in [3.8, 4) is 6.07 Å². The number of nitrogen functional groups attached to an aromatic ring is 1. The lowest BCUT2D eigenvalue weighted by Crippen LogP contribution is -2.27. The highest BCUT2D eigenvalue weighted by atomic mass is 32.1. The fourth-order valence-electron chi connectivity index (χ4n) is 1.53. The highest BCUT2D eigenvalue weighted by Gasteiger charge is 2.18. The molecule has 5 nitrogen and oxygen atoms in total. The van der Waals surface area contributed by atoms with E-state index in [0.717, 1.165) is 0 Å². The summed E-state index contributed by atoms with van der Waals surface area (Å²) in [5.41, 5.74) is 6.77. The zero-order chi connectivity index (χ0) is 13.1. The van der Waals surface area contributed by atoms with Gasteiger partial charge in [0, 0.05) is 12.4 Å². The van der Waals surface area contributed by atoms with E-state index in [1.807, 2.05) is 0 Å². The number of amides is 1. The van der Waals surface area contributed by atoms with Gasteiger partial charge in [-0.2, -0.15) is 5.26 Å². The maximum atomic E-state index is 12.1. The van der Waals surface area contributed by atoms with E-state index in [2.05, 4.69) is 11.1 Å². The van der Waals surface area contributed by atoms with Crippen LogP contribution in [0.5, 0.6) is 0 Å². The van der Waals surface area contributed by atoms with Crippen LogP contribution >= 0.6 is 11.3 Å². The van der Waals surface area contributed by atoms with Gasteiger partial charge >= 0.3 is 0 Å². The molecule has 0 aliphatic heterocycles. The van der Waals surface area contributed by atoms with Gasteiger partial charge in [-0.1, -0.05) is 12.1 Å². The maximum absolute atomic E-state index is 12.1.